The van der Waals surface area contributed by atoms with E-state index < -0.39 is 27.8 Å². The first-order chi connectivity index (χ1) is 20.7. The van der Waals surface area contributed by atoms with Crippen molar-refractivity contribution in [1.29, 1.82) is 0 Å². The molecule has 10 heteroatoms. The van der Waals surface area contributed by atoms with E-state index >= 15 is 0 Å². The number of nitrogens with one attached hydrogen (secondary N) is 2. The molecule has 4 aromatic rings. The van der Waals surface area contributed by atoms with Crippen LogP contribution in [0.4, 0.5) is 10.1 Å². The Hall–Kier alpha value is -4.96. The Labute approximate surface area is 250 Å². The highest BCUT2D eigenvalue weighted by Gasteiger charge is 2.30. The molecule has 0 spiro atoms. The highest BCUT2D eigenvalue weighted by Crippen LogP contribution is 2.21. The summed E-state index contributed by atoms with van der Waals surface area (Å²) in [6, 6.07) is 28.4. The van der Waals surface area contributed by atoms with Gasteiger partial charge in [-0.3, -0.25) is 14.3 Å². The summed E-state index contributed by atoms with van der Waals surface area (Å²) in [5.74, 6) is -0.959. The molecule has 43 heavy (non-hydrogen) atoms. The molecule has 0 saturated heterocycles. The van der Waals surface area contributed by atoms with Crippen molar-refractivity contribution >= 4 is 27.5 Å². The highest BCUT2D eigenvalue weighted by atomic mass is 32.2. The molecular weight excluding hydrogens is 569 g/mol. The number of hydrogen-bond donors (Lipinski definition) is 2. The highest BCUT2D eigenvalue weighted by molar-refractivity contribution is 7.92. The smallest absolute Gasteiger partial charge is 0.261 e. The molecule has 1 unspecified atom stereocenters. The first kappa shape index (κ1) is 31.0. The number of halogens is 1. The van der Waals surface area contributed by atoms with Gasteiger partial charge in [0.1, 0.15) is 17.6 Å². The topological polar surface area (TPSA) is 105 Å². The Bertz CT molecular complexity index is 1620. The van der Waals surface area contributed by atoms with E-state index in [0.29, 0.717) is 0 Å². The van der Waals surface area contributed by atoms with E-state index in [1.807, 2.05) is 60.7 Å². The fraction of sp³-hybridized carbons (Fsp3) is 0.152. The van der Waals surface area contributed by atoms with E-state index in [4.69, 9.17) is 4.74 Å². The van der Waals surface area contributed by atoms with Crippen LogP contribution in [0.25, 0.3) is 0 Å². The Morgan fingerprint density at radius 1 is 0.860 bits per heavy atom. The SMILES string of the molecule is C=CCNC(=O)C(Cc1ccccc1)N(Cc1ccccc1)C(=O)COc1ccc(S(=O)(=O)Nc2ccc(F)cc2)cc1. The van der Waals surface area contributed by atoms with Gasteiger partial charge >= 0.3 is 0 Å². The summed E-state index contributed by atoms with van der Waals surface area (Å²) in [5, 5.41) is 2.81. The summed E-state index contributed by atoms with van der Waals surface area (Å²) in [6.45, 7) is 3.70. The predicted molar refractivity (Wildman–Crippen MR) is 163 cm³/mol. The summed E-state index contributed by atoms with van der Waals surface area (Å²) in [5.41, 5.74) is 1.95. The van der Waals surface area contributed by atoms with Gasteiger partial charge in [-0.05, 0) is 59.7 Å². The van der Waals surface area contributed by atoms with Gasteiger partial charge in [-0.2, -0.15) is 0 Å². The van der Waals surface area contributed by atoms with Gasteiger partial charge in [0.2, 0.25) is 5.91 Å². The molecule has 0 radical (unpaired) electrons. The fourth-order valence-electron chi connectivity index (χ4n) is 4.30. The van der Waals surface area contributed by atoms with Crippen molar-refractivity contribution in [2.75, 3.05) is 17.9 Å². The second-order valence-electron chi connectivity index (χ2n) is 9.62. The van der Waals surface area contributed by atoms with Gasteiger partial charge in [-0.25, -0.2) is 12.8 Å². The van der Waals surface area contributed by atoms with E-state index in [2.05, 4.69) is 16.6 Å². The van der Waals surface area contributed by atoms with Crippen LogP contribution in [0.3, 0.4) is 0 Å². The van der Waals surface area contributed by atoms with Crippen LogP contribution in [-0.4, -0.2) is 44.3 Å². The maximum Gasteiger partial charge on any atom is 0.261 e. The molecule has 222 valence electrons. The van der Waals surface area contributed by atoms with E-state index in [-0.39, 0.29) is 48.4 Å². The van der Waals surface area contributed by atoms with Crippen molar-refractivity contribution in [1.82, 2.24) is 10.2 Å². The van der Waals surface area contributed by atoms with E-state index in [9.17, 15) is 22.4 Å². The van der Waals surface area contributed by atoms with Crippen LogP contribution in [0.5, 0.6) is 5.75 Å². The molecule has 0 fully saturated rings. The van der Waals surface area contributed by atoms with E-state index in [1.165, 1.54) is 41.3 Å². The quantitative estimate of drug-likeness (QED) is 0.199. The molecule has 0 aliphatic carbocycles. The van der Waals surface area contributed by atoms with Gasteiger partial charge < -0.3 is 15.0 Å². The van der Waals surface area contributed by atoms with Crippen molar-refractivity contribution in [3.05, 3.63) is 139 Å². The van der Waals surface area contributed by atoms with Crippen LogP contribution < -0.4 is 14.8 Å². The van der Waals surface area contributed by atoms with Crippen molar-refractivity contribution in [3.8, 4) is 5.75 Å². The van der Waals surface area contributed by atoms with Gasteiger partial charge in [0.05, 0.1) is 4.90 Å². The minimum Gasteiger partial charge on any atom is -0.484 e. The number of hydrogen-bond acceptors (Lipinski definition) is 5. The van der Waals surface area contributed by atoms with E-state index in [0.717, 1.165) is 23.3 Å². The lowest BCUT2D eigenvalue weighted by atomic mass is 10.0. The lowest BCUT2D eigenvalue weighted by Gasteiger charge is -2.31. The molecule has 0 heterocycles. The lowest BCUT2D eigenvalue weighted by molar-refractivity contribution is -0.142. The van der Waals surface area contributed by atoms with Crippen LogP contribution in [0.2, 0.25) is 0 Å². The third-order valence-electron chi connectivity index (χ3n) is 6.48. The fourth-order valence-corrected chi connectivity index (χ4v) is 5.36. The number of rotatable bonds is 14. The molecule has 0 aliphatic rings. The van der Waals surface area contributed by atoms with Gasteiger partial charge in [0.25, 0.3) is 15.9 Å². The molecule has 1 atom stereocenters. The summed E-state index contributed by atoms with van der Waals surface area (Å²) in [7, 11) is -3.94. The minimum atomic E-state index is -3.94. The van der Waals surface area contributed by atoms with Crippen molar-refractivity contribution in [3.63, 3.8) is 0 Å². The first-order valence-corrected chi connectivity index (χ1v) is 15.0. The number of amides is 2. The first-order valence-electron chi connectivity index (χ1n) is 13.5. The molecule has 0 aromatic heterocycles. The number of benzene rings is 4. The average molecular weight is 602 g/mol. The number of carbonyl (C=O) groups excluding carboxylic acids is 2. The third-order valence-corrected chi connectivity index (χ3v) is 7.88. The second kappa shape index (κ2) is 14.8. The summed E-state index contributed by atoms with van der Waals surface area (Å²) in [4.78, 5) is 28.4. The Balaban J connectivity index is 1.51. The predicted octanol–water partition coefficient (Wildman–Crippen LogP) is 4.95. The maximum atomic E-state index is 13.7. The van der Waals surface area contributed by atoms with Gasteiger partial charge in [-0.15, -0.1) is 6.58 Å². The lowest BCUT2D eigenvalue weighted by Crippen LogP contribution is -2.51. The van der Waals surface area contributed by atoms with Gasteiger partial charge in [0, 0.05) is 25.2 Å². The van der Waals surface area contributed by atoms with Crippen LogP contribution in [0, 0.1) is 5.82 Å². The molecule has 4 aromatic carbocycles. The van der Waals surface area contributed by atoms with Crippen molar-refractivity contribution < 1.29 is 27.1 Å². The molecule has 2 amide bonds. The summed E-state index contributed by atoms with van der Waals surface area (Å²) in [6.07, 6.45) is 1.86. The molecular formula is C33H32FN3O5S. The third kappa shape index (κ3) is 9.01. The monoisotopic (exact) mass is 601 g/mol. The van der Waals surface area contributed by atoms with Crippen LogP contribution in [-0.2, 0) is 32.6 Å². The molecule has 0 bridgehead atoms. The Morgan fingerprint density at radius 2 is 1.47 bits per heavy atom. The standard InChI is InChI=1S/C33H32FN3O5S/c1-2-21-35-33(39)31(22-25-9-5-3-6-10-25)37(23-26-11-7-4-8-12-26)32(38)24-42-29-17-19-30(20-18-29)43(40,41)36-28-15-13-27(34)14-16-28/h2-20,31,36H,1,21-24H2,(H,35,39). The number of nitrogens with zero attached hydrogens (tertiary/aromatic N) is 1. The van der Waals surface area contributed by atoms with E-state index in [1.54, 1.807) is 6.08 Å². The van der Waals surface area contributed by atoms with Gasteiger partial charge in [-0.1, -0.05) is 66.7 Å². The van der Waals surface area contributed by atoms with Crippen molar-refractivity contribution in [2.24, 2.45) is 0 Å². The summed E-state index contributed by atoms with van der Waals surface area (Å²) >= 11 is 0. The number of ether oxygens (including phenoxy) is 1. The Kier molecular flexibility index (Phi) is 10.7. The largest absolute Gasteiger partial charge is 0.484 e. The second-order valence-corrected chi connectivity index (χ2v) is 11.3. The zero-order valence-electron chi connectivity index (χ0n) is 23.4. The number of anilines is 1. The van der Waals surface area contributed by atoms with Crippen LogP contribution in [0.15, 0.2) is 127 Å². The molecule has 0 saturated carbocycles. The minimum absolute atomic E-state index is 0.0389. The van der Waals surface area contributed by atoms with Crippen molar-refractivity contribution in [2.45, 2.75) is 23.9 Å². The number of carbonyl (C=O) groups is 2. The molecule has 4 rings (SSSR count). The number of sulfonamides is 1. The summed E-state index contributed by atoms with van der Waals surface area (Å²) < 4.78 is 46.8. The van der Waals surface area contributed by atoms with Gasteiger partial charge in [0.15, 0.2) is 6.61 Å². The zero-order chi connectivity index (χ0) is 30.7. The molecule has 2 N–H and O–H groups in total. The average Bonchev–Trinajstić information content (AvgIpc) is 3.02. The zero-order valence-corrected chi connectivity index (χ0v) is 24.2. The Morgan fingerprint density at radius 3 is 2.07 bits per heavy atom. The van der Waals surface area contributed by atoms with Crippen LogP contribution in [0.1, 0.15) is 11.1 Å². The molecule has 0 aliphatic heterocycles. The molecule has 8 nitrogen and oxygen atoms in total. The normalized spacial score (nSPS) is 11.7. The maximum absolute atomic E-state index is 13.7. The van der Waals surface area contributed by atoms with Crippen LogP contribution >= 0.6 is 0 Å².